The summed E-state index contributed by atoms with van der Waals surface area (Å²) in [5.74, 6) is 0. The second kappa shape index (κ2) is 7.65. The zero-order valence-corrected chi connectivity index (χ0v) is 16.0. The summed E-state index contributed by atoms with van der Waals surface area (Å²) in [6.07, 6.45) is 0. The monoisotopic (exact) mass is 371 g/mol. The molecule has 1 heteroatoms. The highest BCUT2D eigenvalue weighted by Gasteiger charge is 2.08. The van der Waals surface area contributed by atoms with Gasteiger partial charge in [0.2, 0.25) is 0 Å². The van der Waals surface area contributed by atoms with Gasteiger partial charge in [0, 0.05) is 11.4 Å². The fourth-order valence-corrected chi connectivity index (χ4v) is 3.77. The van der Waals surface area contributed by atoms with Crippen LogP contribution < -0.4 is 5.32 Å². The van der Waals surface area contributed by atoms with Crippen molar-refractivity contribution in [2.45, 2.75) is 0 Å². The lowest BCUT2D eigenvalue weighted by Gasteiger charge is -2.12. The fraction of sp³-hybridized carbons (Fsp3) is 0. The van der Waals surface area contributed by atoms with Crippen LogP contribution in [0, 0.1) is 0 Å². The highest BCUT2D eigenvalue weighted by Crippen LogP contribution is 2.34. The van der Waals surface area contributed by atoms with Crippen molar-refractivity contribution in [2.24, 2.45) is 0 Å². The van der Waals surface area contributed by atoms with Gasteiger partial charge < -0.3 is 5.32 Å². The van der Waals surface area contributed by atoms with Crippen LogP contribution in [-0.2, 0) is 0 Å². The minimum absolute atomic E-state index is 1.09. The number of anilines is 2. The Morgan fingerprint density at radius 2 is 1.03 bits per heavy atom. The van der Waals surface area contributed by atoms with Crippen LogP contribution >= 0.6 is 0 Å². The third-order valence-electron chi connectivity index (χ3n) is 5.23. The van der Waals surface area contributed by atoms with Crippen LogP contribution in [0.5, 0.6) is 0 Å². The van der Waals surface area contributed by atoms with Gasteiger partial charge >= 0.3 is 0 Å². The smallest absolute Gasteiger partial charge is 0.0384 e. The number of hydrogen-bond donors (Lipinski definition) is 1. The Morgan fingerprint density at radius 3 is 1.79 bits per heavy atom. The van der Waals surface area contributed by atoms with E-state index in [2.05, 4.69) is 108 Å². The molecule has 29 heavy (non-hydrogen) atoms. The fourth-order valence-electron chi connectivity index (χ4n) is 3.77. The molecule has 0 amide bonds. The van der Waals surface area contributed by atoms with Crippen LogP contribution in [-0.4, -0.2) is 0 Å². The maximum Gasteiger partial charge on any atom is 0.0384 e. The highest BCUT2D eigenvalue weighted by atomic mass is 14.9. The van der Waals surface area contributed by atoms with Crippen LogP contribution in [0.3, 0.4) is 0 Å². The van der Waals surface area contributed by atoms with E-state index < -0.39 is 0 Å². The molecule has 0 saturated heterocycles. The summed E-state index contributed by atoms with van der Waals surface area (Å²) in [6.45, 7) is 0. The normalized spacial score (nSPS) is 10.8. The van der Waals surface area contributed by atoms with E-state index in [1.807, 2.05) is 18.2 Å². The first-order chi connectivity index (χ1) is 14.4. The van der Waals surface area contributed by atoms with Crippen molar-refractivity contribution in [3.63, 3.8) is 0 Å². The molecule has 5 aromatic carbocycles. The number of fused-ring (bicyclic) bond motifs is 1. The molecule has 0 unspecified atom stereocenters. The molecule has 138 valence electrons. The lowest BCUT2D eigenvalue weighted by atomic mass is 9.93. The summed E-state index contributed by atoms with van der Waals surface area (Å²) < 4.78 is 0. The quantitative estimate of drug-likeness (QED) is 0.338. The van der Waals surface area contributed by atoms with Crippen molar-refractivity contribution in [1.82, 2.24) is 0 Å². The first-order valence-corrected chi connectivity index (χ1v) is 9.87. The predicted molar refractivity (Wildman–Crippen MR) is 125 cm³/mol. The van der Waals surface area contributed by atoms with E-state index in [1.54, 1.807) is 0 Å². The summed E-state index contributed by atoms with van der Waals surface area (Å²) in [5.41, 5.74) is 7.14. The van der Waals surface area contributed by atoms with Crippen molar-refractivity contribution in [3.05, 3.63) is 121 Å². The molecule has 0 aliphatic heterocycles. The van der Waals surface area contributed by atoms with E-state index in [1.165, 1.54) is 33.0 Å². The van der Waals surface area contributed by atoms with E-state index in [9.17, 15) is 0 Å². The van der Waals surface area contributed by atoms with Gasteiger partial charge in [0.25, 0.3) is 0 Å². The van der Waals surface area contributed by atoms with Crippen molar-refractivity contribution < 1.29 is 0 Å². The van der Waals surface area contributed by atoms with Gasteiger partial charge in [-0.25, -0.2) is 0 Å². The first-order valence-electron chi connectivity index (χ1n) is 9.87. The predicted octanol–water partition coefficient (Wildman–Crippen LogP) is 7.92. The second-order valence-corrected chi connectivity index (χ2v) is 7.18. The van der Waals surface area contributed by atoms with Crippen LogP contribution in [0.4, 0.5) is 11.4 Å². The van der Waals surface area contributed by atoms with Gasteiger partial charge in [0.1, 0.15) is 0 Å². The van der Waals surface area contributed by atoms with Gasteiger partial charge in [-0.1, -0.05) is 84.9 Å². The standard InChI is InChI=1S/C28H21N/c1-3-9-21(10-4-1)24-19-23-11-7-8-14-27(23)28(20-24)22-15-17-26(18-16-22)29-25-12-5-2-6-13-25/h1-20,29H. The molecule has 0 radical (unpaired) electrons. The molecule has 0 atom stereocenters. The summed E-state index contributed by atoms with van der Waals surface area (Å²) in [4.78, 5) is 0. The second-order valence-electron chi connectivity index (χ2n) is 7.18. The third-order valence-corrected chi connectivity index (χ3v) is 5.23. The Kier molecular flexibility index (Phi) is 4.56. The number of rotatable bonds is 4. The van der Waals surface area contributed by atoms with Crippen molar-refractivity contribution in [3.8, 4) is 22.3 Å². The average molecular weight is 371 g/mol. The van der Waals surface area contributed by atoms with Gasteiger partial charge in [0.15, 0.2) is 0 Å². The largest absolute Gasteiger partial charge is 0.356 e. The molecule has 0 aliphatic carbocycles. The number of hydrogen-bond acceptors (Lipinski definition) is 1. The summed E-state index contributed by atoms with van der Waals surface area (Å²) in [5, 5.41) is 5.99. The Labute approximate surface area is 171 Å². The van der Waals surface area contributed by atoms with Crippen LogP contribution in [0.2, 0.25) is 0 Å². The SMILES string of the molecule is c1ccc(Nc2ccc(-c3cc(-c4ccccc4)cc4ccccc34)cc2)cc1. The number of nitrogens with one attached hydrogen (secondary N) is 1. The van der Waals surface area contributed by atoms with E-state index >= 15 is 0 Å². The number of benzene rings is 5. The first kappa shape index (κ1) is 17.3. The van der Waals surface area contributed by atoms with Gasteiger partial charge in [0.05, 0.1) is 0 Å². The van der Waals surface area contributed by atoms with E-state index in [4.69, 9.17) is 0 Å². The van der Waals surface area contributed by atoms with Crippen molar-refractivity contribution in [1.29, 1.82) is 0 Å². The Balaban J connectivity index is 1.57. The van der Waals surface area contributed by atoms with Gasteiger partial charge in [-0.3, -0.25) is 0 Å². The molecular formula is C28H21N. The molecule has 0 saturated carbocycles. The Morgan fingerprint density at radius 1 is 0.414 bits per heavy atom. The molecule has 0 heterocycles. The molecule has 1 N–H and O–H groups in total. The molecule has 0 spiro atoms. The van der Waals surface area contributed by atoms with Crippen LogP contribution in [0.15, 0.2) is 121 Å². The molecule has 0 fully saturated rings. The molecule has 5 aromatic rings. The zero-order valence-electron chi connectivity index (χ0n) is 16.0. The molecule has 5 rings (SSSR count). The van der Waals surface area contributed by atoms with Gasteiger partial charge in [-0.15, -0.1) is 0 Å². The molecule has 0 bridgehead atoms. The topological polar surface area (TPSA) is 12.0 Å². The molecule has 0 aliphatic rings. The van der Waals surface area contributed by atoms with Gasteiger partial charge in [-0.2, -0.15) is 0 Å². The molecule has 0 aromatic heterocycles. The zero-order chi connectivity index (χ0) is 19.5. The molecular weight excluding hydrogens is 350 g/mol. The highest BCUT2D eigenvalue weighted by molar-refractivity contribution is 6.00. The third kappa shape index (κ3) is 3.63. The lowest BCUT2D eigenvalue weighted by Crippen LogP contribution is -1.90. The van der Waals surface area contributed by atoms with Crippen LogP contribution in [0.25, 0.3) is 33.0 Å². The Hall–Kier alpha value is -3.84. The maximum atomic E-state index is 3.46. The summed E-state index contributed by atoms with van der Waals surface area (Å²) in [7, 11) is 0. The van der Waals surface area contributed by atoms with E-state index in [-0.39, 0.29) is 0 Å². The van der Waals surface area contributed by atoms with Gasteiger partial charge in [-0.05, 0) is 69.4 Å². The van der Waals surface area contributed by atoms with Crippen molar-refractivity contribution in [2.75, 3.05) is 5.32 Å². The van der Waals surface area contributed by atoms with Crippen molar-refractivity contribution >= 4 is 22.1 Å². The molecule has 1 nitrogen and oxygen atoms in total. The Bertz CT molecular complexity index is 1240. The minimum atomic E-state index is 1.09. The lowest BCUT2D eigenvalue weighted by molar-refractivity contribution is 1.54. The summed E-state index contributed by atoms with van der Waals surface area (Å²) in [6, 6.07) is 42.7. The summed E-state index contributed by atoms with van der Waals surface area (Å²) >= 11 is 0. The van der Waals surface area contributed by atoms with E-state index in [0.717, 1.165) is 11.4 Å². The van der Waals surface area contributed by atoms with E-state index in [0.29, 0.717) is 0 Å². The number of para-hydroxylation sites is 1. The minimum Gasteiger partial charge on any atom is -0.356 e. The average Bonchev–Trinajstić information content (AvgIpc) is 2.80. The van der Waals surface area contributed by atoms with Crippen LogP contribution in [0.1, 0.15) is 0 Å². The maximum absolute atomic E-state index is 3.46.